The van der Waals surface area contributed by atoms with Gasteiger partial charge in [-0.1, -0.05) is 0 Å². The minimum absolute atomic E-state index is 0. The molecule has 3 heterocycles. The quantitative estimate of drug-likeness (QED) is 0.292. The SMILES string of the molecule is CN=C(NCCCCN1CCOCC1)N1CCC(c2cnn(C)c2)C1.I. The molecule has 0 bridgehead atoms. The van der Waals surface area contributed by atoms with Crippen LogP contribution in [-0.4, -0.2) is 85.1 Å². The standard InChI is InChI=1S/C18H32N6O.HI/c1-19-18(20-6-3-4-7-23-9-11-25-12-10-23)24-8-5-16(15-24)17-13-21-22(2)14-17;/h13-14,16H,3-12,15H2,1-2H3,(H,19,20);1H. The van der Waals surface area contributed by atoms with Crippen molar-refractivity contribution in [1.82, 2.24) is 24.9 Å². The molecule has 26 heavy (non-hydrogen) atoms. The molecule has 8 heteroatoms. The summed E-state index contributed by atoms with van der Waals surface area (Å²) in [6, 6.07) is 0. The van der Waals surface area contributed by atoms with Crippen molar-refractivity contribution in [1.29, 1.82) is 0 Å². The van der Waals surface area contributed by atoms with Gasteiger partial charge >= 0.3 is 0 Å². The van der Waals surface area contributed by atoms with Crippen LogP contribution in [0, 0.1) is 0 Å². The van der Waals surface area contributed by atoms with Gasteiger partial charge in [0.25, 0.3) is 0 Å². The van der Waals surface area contributed by atoms with Gasteiger partial charge < -0.3 is 15.0 Å². The average molecular weight is 476 g/mol. The Bertz CT molecular complexity index is 558. The van der Waals surface area contributed by atoms with Crippen LogP contribution in [0.5, 0.6) is 0 Å². The van der Waals surface area contributed by atoms with Crippen LogP contribution in [0.15, 0.2) is 17.4 Å². The molecule has 0 amide bonds. The van der Waals surface area contributed by atoms with E-state index in [1.54, 1.807) is 0 Å². The molecule has 1 aromatic rings. The molecule has 1 aromatic heterocycles. The highest BCUT2D eigenvalue weighted by atomic mass is 127. The molecule has 0 aromatic carbocycles. The molecular formula is C18H33IN6O. The number of ether oxygens (including phenoxy) is 1. The molecule has 0 spiro atoms. The summed E-state index contributed by atoms with van der Waals surface area (Å²) >= 11 is 0. The average Bonchev–Trinajstić information content (AvgIpc) is 3.28. The zero-order valence-electron chi connectivity index (χ0n) is 16.1. The van der Waals surface area contributed by atoms with Gasteiger partial charge in [-0.2, -0.15) is 5.10 Å². The smallest absolute Gasteiger partial charge is 0.193 e. The molecular weight excluding hydrogens is 443 g/mol. The molecule has 3 rings (SSSR count). The van der Waals surface area contributed by atoms with Crippen LogP contribution in [0.25, 0.3) is 0 Å². The topological polar surface area (TPSA) is 57.9 Å². The van der Waals surface area contributed by atoms with Crippen LogP contribution in [-0.2, 0) is 11.8 Å². The fourth-order valence-electron chi connectivity index (χ4n) is 3.69. The predicted octanol–water partition coefficient (Wildman–Crippen LogP) is 1.52. The number of halogens is 1. The van der Waals surface area contributed by atoms with Gasteiger partial charge in [-0.25, -0.2) is 0 Å². The van der Waals surface area contributed by atoms with Crippen molar-refractivity contribution >= 4 is 29.9 Å². The molecule has 2 aliphatic heterocycles. The number of morpholine rings is 1. The first-order chi connectivity index (χ1) is 12.3. The van der Waals surface area contributed by atoms with Crippen LogP contribution >= 0.6 is 24.0 Å². The first kappa shape index (κ1) is 21.4. The van der Waals surface area contributed by atoms with Gasteiger partial charge in [-0.15, -0.1) is 24.0 Å². The predicted molar refractivity (Wildman–Crippen MR) is 115 cm³/mol. The van der Waals surface area contributed by atoms with Gasteiger partial charge in [0, 0.05) is 58.9 Å². The third-order valence-corrected chi connectivity index (χ3v) is 5.18. The summed E-state index contributed by atoms with van der Waals surface area (Å²) in [4.78, 5) is 9.35. The Morgan fingerprint density at radius 3 is 2.81 bits per heavy atom. The summed E-state index contributed by atoms with van der Waals surface area (Å²) in [5.41, 5.74) is 1.34. The number of likely N-dealkylation sites (tertiary alicyclic amines) is 1. The summed E-state index contributed by atoms with van der Waals surface area (Å²) in [6.07, 6.45) is 7.70. The number of aromatic nitrogens is 2. The van der Waals surface area contributed by atoms with E-state index in [4.69, 9.17) is 4.74 Å². The van der Waals surface area contributed by atoms with Crippen LogP contribution < -0.4 is 5.32 Å². The summed E-state index contributed by atoms with van der Waals surface area (Å²) in [5.74, 6) is 1.60. The van der Waals surface area contributed by atoms with E-state index in [1.807, 2.05) is 25.0 Å². The van der Waals surface area contributed by atoms with E-state index in [9.17, 15) is 0 Å². The van der Waals surface area contributed by atoms with Gasteiger partial charge in [0.1, 0.15) is 0 Å². The van der Waals surface area contributed by atoms with Crippen molar-refractivity contribution in [2.45, 2.75) is 25.2 Å². The Kier molecular flexibility index (Phi) is 9.13. The van der Waals surface area contributed by atoms with Gasteiger partial charge in [-0.3, -0.25) is 14.6 Å². The Hall–Kier alpha value is -0.870. The van der Waals surface area contributed by atoms with Crippen LogP contribution in [0.1, 0.15) is 30.7 Å². The van der Waals surface area contributed by atoms with Crippen LogP contribution in [0.2, 0.25) is 0 Å². The van der Waals surface area contributed by atoms with Gasteiger partial charge in [0.05, 0.1) is 19.4 Å². The lowest BCUT2D eigenvalue weighted by molar-refractivity contribution is 0.0372. The number of hydrogen-bond donors (Lipinski definition) is 1. The first-order valence-corrected chi connectivity index (χ1v) is 9.50. The monoisotopic (exact) mass is 476 g/mol. The Balaban J connectivity index is 0.00000243. The van der Waals surface area contributed by atoms with E-state index in [0.717, 1.165) is 51.9 Å². The minimum Gasteiger partial charge on any atom is -0.379 e. The van der Waals surface area contributed by atoms with Gasteiger partial charge in [0.2, 0.25) is 0 Å². The lowest BCUT2D eigenvalue weighted by atomic mass is 10.0. The van der Waals surface area contributed by atoms with Crippen molar-refractivity contribution in [2.75, 3.05) is 59.5 Å². The molecule has 1 N–H and O–H groups in total. The normalized spacial score (nSPS) is 21.7. The number of rotatable bonds is 6. The van der Waals surface area contributed by atoms with Crippen molar-refractivity contribution in [2.24, 2.45) is 12.0 Å². The molecule has 7 nitrogen and oxygen atoms in total. The summed E-state index contributed by atoms with van der Waals surface area (Å²) in [6.45, 7) is 8.20. The molecule has 0 saturated carbocycles. The Morgan fingerprint density at radius 1 is 1.31 bits per heavy atom. The summed E-state index contributed by atoms with van der Waals surface area (Å²) in [5, 5.41) is 7.84. The fourth-order valence-corrected chi connectivity index (χ4v) is 3.69. The number of hydrogen-bond acceptors (Lipinski definition) is 4. The number of aryl methyl sites for hydroxylation is 1. The number of nitrogens with zero attached hydrogens (tertiary/aromatic N) is 5. The molecule has 1 atom stereocenters. The van der Waals surface area contributed by atoms with Crippen molar-refractivity contribution < 1.29 is 4.74 Å². The summed E-state index contributed by atoms with van der Waals surface area (Å²) < 4.78 is 7.28. The van der Waals surface area contributed by atoms with E-state index < -0.39 is 0 Å². The first-order valence-electron chi connectivity index (χ1n) is 9.50. The van der Waals surface area contributed by atoms with Crippen molar-refractivity contribution in [3.63, 3.8) is 0 Å². The van der Waals surface area contributed by atoms with E-state index in [2.05, 4.69) is 31.4 Å². The second-order valence-corrected chi connectivity index (χ2v) is 7.01. The Morgan fingerprint density at radius 2 is 2.12 bits per heavy atom. The van der Waals surface area contributed by atoms with E-state index in [1.165, 1.54) is 31.4 Å². The maximum atomic E-state index is 5.39. The third kappa shape index (κ3) is 6.09. The second kappa shape index (κ2) is 11.1. The number of nitrogens with one attached hydrogen (secondary N) is 1. The van der Waals surface area contributed by atoms with Crippen molar-refractivity contribution in [3.05, 3.63) is 18.0 Å². The maximum Gasteiger partial charge on any atom is 0.193 e. The second-order valence-electron chi connectivity index (χ2n) is 7.01. The molecule has 148 valence electrons. The van der Waals surface area contributed by atoms with E-state index in [0.29, 0.717) is 5.92 Å². The lowest BCUT2D eigenvalue weighted by Gasteiger charge is -2.26. The zero-order valence-corrected chi connectivity index (χ0v) is 18.4. The largest absolute Gasteiger partial charge is 0.379 e. The Labute approximate surface area is 174 Å². The van der Waals surface area contributed by atoms with E-state index in [-0.39, 0.29) is 24.0 Å². The van der Waals surface area contributed by atoms with Crippen LogP contribution in [0.4, 0.5) is 0 Å². The molecule has 2 aliphatic rings. The molecule has 2 fully saturated rings. The maximum absolute atomic E-state index is 5.39. The molecule has 0 radical (unpaired) electrons. The lowest BCUT2D eigenvalue weighted by Crippen LogP contribution is -2.40. The highest BCUT2D eigenvalue weighted by Crippen LogP contribution is 2.26. The highest BCUT2D eigenvalue weighted by molar-refractivity contribution is 14.0. The fraction of sp³-hybridized carbons (Fsp3) is 0.778. The minimum atomic E-state index is 0. The third-order valence-electron chi connectivity index (χ3n) is 5.18. The van der Waals surface area contributed by atoms with Crippen molar-refractivity contribution in [3.8, 4) is 0 Å². The van der Waals surface area contributed by atoms with Gasteiger partial charge in [0.15, 0.2) is 5.96 Å². The highest BCUT2D eigenvalue weighted by Gasteiger charge is 2.26. The molecule has 1 unspecified atom stereocenters. The number of aliphatic imine (C=N–C) groups is 1. The molecule has 2 saturated heterocycles. The number of unbranched alkanes of at least 4 members (excludes halogenated alkanes) is 1. The van der Waals surface area contributed by atoms with E-state index >= 15 is 0 Å². The zero-order chi connectivity index (χ0) is 17.5. The summed E-state index contributed by atoms with van der Waals surface area (Å²) in [7, 11) is 3.86. The van der Waals surface area contributed by atoms with Crippen LogP contribution in [0.3, 0.4) is 0 Å². The molecule has 0 aliphatic carbocycles. The number of guanidine groups is 1. The van der Waals surface area contributed by atoms with Gasteiger partial charge in [-0.05, 0) is 31.4 Å².